The van der Waals surface area contributed by atoms with Gasteiger partial charge in [0.25, 0.3) is 5.91 Å². The first-order valence-corrected chi connectivity index (χ1v) is 15.7. The quantitative estimate of drug-likeness (QED) is 0.142. The molecule has 3 atom stereocenters. The Hall–Kier alpha value is -3.46. The molecule has 2 unspecified atom stereocenters. The van der Waals surface area contributed by atoms with Gasteiger partial charge in [-0.1, -0.05) is 16.9 Å². The van der Waals surface area contributed by atoms with Crippen LogP contribution in [0.1, 0.15) is 31.4 Å². The van der Waals surface area contributed by atoms with Gasteiger partial charge < -0.3 is 20.2 Å². The van der Waals surface area contributed by atoms with Crippen molar-refractivity contribution < 1.29 is 42.3 Å². The van der Waals surface area contributed by atoms with E-state index in [0.29, 0.717) is 29.3 Å². The van der Waals surface area contributed by atoms with Gasteiger partial charge in [-0.3, -0.25) is 24.5 Å². The maximum Gasteiger partial charge on any atom is 0.471 e. The Bertz CT molecular complexity index is 1450. The Morgan fingerprint density at radius 2 is 2.05 bits per heavy atom. The Labute approximate surface area is 253 Å². The first kappa shape index (κ1) is 31.0. The fourth-order valence-electron chi connectivity index (χ4n) is 4.60. The summed E-state index contributed by atoms with van der Waals surface area (Å²) in [6.07, 6.45) is -2.18. The van der Waals surface area contributed by atoms with Gasteiger partial charge in [0, 0.05) is 30.5 Å². The van der Waals surface area contributed by atoms with Crippen molar-refractivity contribution in [1.29, 1.82) is 0 Å². The number of nitrogens with one attached hydrogen (secondary N) is 2. The summed E-state index contributed by atoms with van der Waals surface area (Å²) >= 11 is 3.00. The van der Waals surface area contributed by atoms with Gasteiger partial charge in [0.15, 0.2) is 10.8 Å². The second-order valence-electron chi connectivity index (χ2n) is 10.0. The number of carboxylic acid groups (broad SMARTS) is 1. The SMILES string of the molecule is Cn1nnnc1SCC1(C(=O)O)CS[C@@H]2C(NC(=O)C(=NOC3CCCC3)c3csc(NC(=O)C(F)(F)F)n3)C(=O)N2C1. The van der Waals surface area contributed by atoms with E-state index >= 15 is 0 Å². The van der Waals surface area contributed by atoms with Crippen molar-refractivity contribution in [3.05, 3.63) is 11.1 Å². The molecule has 0 aromatic carbocycles. The number of amides is 3. The molecule has 0 radical (unpaired) electrons. The highest BCUT2D eigenvalue weighted by molar-refractivity contribution is 8.00. The molecule has 1 saturated carbocycles. The predicted molar refractivity (Wildman–Crippen MR) is 146 cm³/mol. The number of halogens is 3. The molecule has 3 amide bonds. The molecule has 3 aliphatic rings. The maximum absolute atomic E-state index is 13.3. The third-order valence-corrected chi connectivity index (χ3v) is 10.6. The molecule has 2 aromatic heterocycles. The van der Waals surface area contributed by atoms with E-state index in [9.17, 15) is 37.5 Å². The molecule has 2 aromatic rings. The van der Waals surface area contributed by atoms with Gasteiger partial charge in [-0.2, -0.15) is 13.2 Å². The molecule has 0 spiro atoms. The molecule has 0 bridgehead atoms. The fourth-order valence-corrected chi connectivity index (χ4v) is 8.00. The molecule has 2 saturated heterocycles. The summed E-state index contributed by atoms with van der Waals surface area (Å²) in [4.78, 5) is 60.8. The van der Waals surface area contributed by atoms with Crippen LogP contribution < -0.4 is 10.6 Å². The van der Waals surface area contributed by atoms with Crippen molar-refractivity contribution in [3.8, 4) is 0 Å². The van der Waals surface area contributed by atoms with Gasteiger partial charge in [0.05, 0.1) is 0 Å². The number of carbonyl (C=O) groups excluding carboxylic acids is 3. The number of hydrogen-bond donors (Lipinski definition) is 3. The lowest BCUT2D eigenvalue weighted by molar-refractivity contribution is -0.167. The topological polar surface area (TPSA) is 194 Å². The number of β-lactam (4-membered cyclic amide) rings is 1. The van der Waals surface area contributed by atoms with Crippen LogP contribution in [0, 0.1) is 5.41 Å². The maximum atomic E-state index is 13.3. The summed E-state index contributed by atoms with van der Waals surface area (Å²) in [6, 6.07) is -1.01. The van der Waals surface area contributed by atoms with E-state index in [0.717, 1.165) is 24.6 Å². The summed E-state index contributed by atoms with van der Waals surface area (Å²) in [5.41, 5.74) is -1.82. The van der Waals surface area contributed by atoms with Crippen LogP contribution in [-0.4, -0.2) is 106 Å². The molecule has 21 heteroatoms. The smallest absolute Gasteiger partial charge is 0.471 e. The molecule has 43 heavy (non-hydrogen) atoms. The van der Waals surface area contributed by atoms with Gasteiger partial charge in [0.2, 0.25) is 11.1 Å². The van der Waals surface area contributed by atoms with Crippen molar-refractivity contribution in [3.63, 3.8) is 0 Å². The van der Waals surface area contributed by atoms with Crippen LogP contribution in [0.2, 0.25) is 0 Å². The molecule has 1 aliphatic carbocycles. The van der Waals surface area contributed by atoms with E-state index < -0.39 is 51.8 Å². The van der Waals surface area contributed by atoms with E-state index in [2.05, 4.69) is 31.0 Å². The summed E-state index contributed by atoms with van der Waals surface area (Å²) in [5, 5.41) is 30.0. The van der Waals surface area contributed by atoms with Crippen molar-refractivity contribution >= 4 is 69.4 Å². The van der Waals surface area contributed by atoms with Crippen LogP contribution in [0.3, 0.4) is 0 Å². The fraction of sp³-hybridized carbons (Fsp3) is 0.591. The van der Waals surface area contributed by atoms with E-state index in [-0.39, 0.29) is 35.6 Å². The lowest BCUT2D eigenvalue weighted by Gasteiger charge is -2.53. The second kappa shape index (κ2) is 12.3. The molecule has 4 heterocycles. The Kier molecular flexibility index (Phi) is 8.84. The summed E-state index contributed by atoms with van der Waals surface area (Å²) < 4.78 is 39.4. The number of oxime groups is 1. The van der Waals surface area contributed by atoms with Crippen molar-refractivity contribution in [2.75, 3.05) is 23.4 Å². The third kappa shape index (κ3) is 6.56. The summed E-state index contributed by atoms with van der Waals surface area (Å²) in [7, 11) is 1.62. The van der Waals surface area contributed by atoms with Crippen LogP contribution in [0.25, 0.3) is 0 Å². The van der Waals surface area contributed by atoms with E-state index in [1.54, 1.807) is 12.4 Å². The molecule has 3 N–H and O–H groups in total. The monoisotopic (exact) mass is 663 g/mol. The van der Waals surface area contributed by atoms with Crippen LogP contribution in [0.5, 0.6) is 0 Å². The van der Waals surface area contributed by atoms with Gasteiger partial charge in [-0.05, 0) is 36.1 Å². The number of rotatable bonds is 10. The first-order valence-electron chi connectivity index (χ1n) is 12.8. The zero-order chi connectivity index (χ0) is 30.9. The summed E-state index contributed by atoms with van der Waals surface area (Å²) in [5.74, 6) is -4.44. The minimum Gasteiger partial charge on any atom is -0.481 e. The highest BCUT2D eigenvalue weighted by atomic mass is 32.2. The number of tetrazole rings is 1. The Morgan fingerprint density at radius 1 is 1.30 bits per heavy atom. The average Bonchev–Trinajstić information content (AvgIpc) is 3.73. The Balaban J connectivity index is 1.27. The second-order valence-corrected chi connectivity index (χ2v) is 12.9. The molecular formula is C22H24F3N9O6S3. The molecule has 3 fully saturated rings. The van der Waals surface area contributed by atoms with Crippen LogP contribution >= 0.6 is 34.9 Å². The lowest BCUT2D eigenvalue weighted by Crippen LogP contribution is -2.74. The molecule has 2 aliphatic heterocycles. The minimum absolute atomic E-state index is 0.0937. The molecular weight excluding hydrogens is 639 g/mol. The number of aryl methyl sites for hydroxylation is 1. The number of thiazole rings is 1. The van der Waals surface area contributed by atoms with Crippen molar-refractivity contribution in [2.24, 2.45) is 17.6 Å². The van der Waals surface area contributed by atoms with Gasteiger partial charge >= 0.3 is 18.1 Å². The van der Waals surface area contributed by atoms with Crippen molar-refractivity contribution in [2.45, 2.75) is 54.5 Å². The van der Waals surface area contributed by atoms with E-state index in [4.69, 9.17) is 4.84 Å². The number of aliphatic carboxylic acids is 1. The van der Waals surface area contributed by atoms with Gasteiger partial charge in [0.1, 0.15) is 28.6 Å². The zero-order valence-corrected chi connectivity index (χ0v) is 24.7. The highest BCUT2D eigenvalue weighted by Gasteiger charge is 2.57. The average molecular weight is 664 g/mol. The van der Waals surface area contributed by atoms with Crippen molar-refractivity contribution in [1.82, 2.24) is 35.4 Å². The van der Waals surface area contributed by atoms with Gasteiger partial charge in [-0.25, -0.2) is 9.67 Å². The largest absolute Gasteiger partial charge is 0.481 e. The normalized spacial score (nSPS) is 24.3. The number of carbonyl (C=O) groups is 4. The summed E-state index contributed by atoms with van der Waals surface area (Å²) in [6.45, 7) is -0.0937. The highest BCUT2D eigenvalue weighted by Crippen LogP contribution is 2.44. The molecule has 232 valence electrons. The van der Waals surface area contributed by atoms with Crippen LogP contribution in [0.15, 0.2) is 15.7 Å². The first-order chi connectivity index (χ1) is 20.4. The number of alkyl halides is 3. The number of anilines is 1. The standard InChI is InChI=1S/C22H24F3N9O6S3/c1-33-20(29-31-32-33)43-9-21(18(38)39)7-34-15(36)13(16(34)42-8-21)27-14(35)12(30-40-10-4-2-3-5-10)11-6-41-19(26-11)28-17(37)22(23,24)25/h6,10,13,16H,2-5,7-9H2,1H3,(H,27,35)(H,38,39)(H,26,28,37)/t13?,16-,21?/m1/s1. The zero-order valence-electron chi connectivity index (χ0n) is 22.2. The van der Waals surface area contributed by atoms with Crippen LogP contribution in [-0.2, 0) is 31.1 Å². The van der Waals surface area contributed by atoms with Crippen LogP contribution in [0.4, 0.5) is 18.3 Å². The third-order valence-electron chi connectivity index (χ3n) is 6.98. The number of hydrogen-bond acceptors (Lipinski definition) is 13. The number of fused-ring (bicyclic) bond motifs is 1. The number of carboxylic acids is 1. The lowest BCUT2D eigenvalue weighted by atomic mass is 9.89. The molecule has 15 nitrogen and oxygen atoms in total. The Morgan fingerprint density at radius 3 is 2.70 bits per heavy atom. The minimum atomic E-state index is -5.14. The van der Waals surface area contributed by atoms with E-state index in [1.165, 1.54) is 26.7 Å². The predicted octanol–water partition coefficient (Wildman–Crippen LogP) is 1.09. The van der Waals surface area contributed by atoms with E-state index in [1.807, 2.05) is 0 Å². The number of thioether (sulfide) groups is 2. The molecule has 5 rings (SSSR count). The van der Waals surface area contributed by atoms with Gasteiger partial charge in [-0.15, -0.1) is 28.2 Å². The number of aromatic nitrogens is 5. The number of nitrogens with zero attached hydrogens (tertiary/aromatic N) is 7.